The number of hydrogen-bond donors (Lipinski definition) is 0. The minimum Gasteiger partial charge on any atom is -0.550 e. The quantitative estimate of drug-likeness (QED) is 0.414. The molecule has 0 bridgehead atoms. The van der Waals surface area contributed by atoms with Gasteiger partial charge in [-0.3, -0.25) is 0 Å². The van der Waals surface area contributed by atoms with Crippen molar-refractivity contribution < 1.29 is 39.6 Å². The first-order chi connectivity index (χ1) is 9.08. The maximum Gasteiger partial charge on any atom is 2.00 e. The summed E-state index contributed by atoms with van der Waals surface area (Å²) in [5, 5.41) is 37.0. The van der Waals surface area contributed by atoms with E-state index >= 15 is 0 Å². The van der Waals surface area contributed by atoms with Gasteiger partial charge in [-0.05, 0) is 25.7 Å². The van der Waals surface area contributed by atoms with Crippen LogP contribution in [0.25, 0.3) is 0 Å². The molecule has 0 amide bonds. The molecule has 0 atom stereocenters. The molecule has 8 nitrogen and oxygen atoms in total. The molecule has 0 radical (unpaired) electrons. The minimum atomic E-state index is -0.995. The number of rotatable bonds is 4. The number of carbonyl (C=O) groups excluding carboxylic acids is 4. The third-order valence-electron chi connectivity index (χ3n) is 1.15. The molecular formula is C12H20CaO8Sr. The molecule has 0 fully saturated rings. The zero-order valence-electron chi connectivity index (χ0n) is 13.5. The Morgan fingerprint density at radius 2 is 0.591 bits per heavy atom. The summed E-state index contributed by atoms with van der Waals surface area (Å²) in [6, 6.07) is 0. The minimum absolute atomic E-state index is 0. The fourth-order valence-corrected chi connectivity index (χ4v) is 0. The van der Waals surface area contributed by atoms with Crippen molar-refractivity contribution in [2.75, 3.05) is 0 Å². The Bertz CT molecular complexity index is 228. The predicted octanol–water partition coefficient (Wildman–Crippen LogP) is -4.18. The molecule has 0 aromatic carbocycles. The van der Waals surface area contributed by atoms with Gasteiger partial charge in [-0.15, -0.1) is 0 Å². The fourth-order valence-electron chi connectivity index (χ4n) is 0. The first-order valence-corrected chi connectivity index (χ1v) is 5.88. The van der Waals surface area contributed by atoms with Gasteiger partial charge in [0.05, 0.1) is 0 Å². The Morgan fingerprint density at radius 1 is 0.545 bits per heavy atom. The Hall–Kier alpha value is 0.620. The van der Waals surface area contributed by atoms with Gasteiger partial charge in [0.25, 0.3) is 0 Å². The molecule has 0 heterocycles. The van der Waals surface area contributed by atoms with Gasteiger partial charge in [-0.2, -0.15) is 0 Å². The van der Waals surface area contributed by atoms with E-state index in [0.29, 0.717) is 0 Å². The number of carbonyl (C=O) groups is 4. The number of carboxylic acid groups (broad SMARTS) is 4. The van der Waals surface area contributed by atoms with Crippen LogP contribution in [0.4, 0.5) is 0 Å². The molecule has 0 aliphatic carbocycles. The van der Waals surface area contributed by atoms with E-state index in [9.17, 15) is 39.6 Å². The van der Waals surface area contributed by atoms with Crippen molar-refractivity contribution in [3.8, 4) is 0 Å². The average Bonchev–Trinajstić information content (AvgIpc) is 2.40. The SMILES string of the molecule is CCC(=O)[O-].CCC(=O)[O-].CCC(=O)[O-].CCC(=O)[O-].[Ca+2].[Sr+2]. The van der Waals surface area contributed by atoms with Gasteiger partial charge < -0.3 is 39.6 Å². The van der Waals surface area contributed by atoms with Crippen LogP contribution in [-0.4, -0.2) is 107 Å². The van der Waals surface area contributed by atoms with Crippen LogP contribution in [-0.2, 0) is 19.2 Å². The van der Waals surface area contributed by atoms with E-state index in [1.165, 1.54) is 27.7 Å². The van der Waals surface area contributed by atoms with E-state index < -0.39 is 23.9 Å². The van der Waals surface area contributed by atoms with Crippen molar-refractivity contribution in [2.45, 2.75) is 53.4 Å². The van der Waals surface area contributed by atoms with Crippen LogP contribution >= 0.6 is 0 Å². The molecule has 0 aliphatic rings. The summed E-state index contributed by atoms with van der Waals surface area (Å²) in [7, 11) is 0. The number of aliphatic carboxylic acids is 4. The van der Waals surface area contributed by atoms with Crippen molar-refractivity contribution in [1.82, 2.24) is 0 Å². The van der Waals surface area contributed by atoms with Gasteiger partial charge in [-0.1, -0.05) is 27.7 Å². The van der Waals surface area contributed by atoms with Gasteiger partial charge in [0.15, 0.2) is 0 Å². The van der Waals surface area contributed by atoms with Gasteiger partial charge in [0.1, 0.15) is 0 Å². The number of hydrogen-bond acceptors (Lipinski definition) is 8. The van der Waals surface area contributed by atoms with Crippen molar-refractivity contribution >= 4 is 107 Å². The second-order valence-corrected chi connectivity index (χ2v) is 2.90. The summed E-state index contributed by atoms with van der Waals surface area (Å²) < 4.78 is 0. The molecule has 0 aromatic rings. The Labute approximate surface area is 197 Å². The molecule has 0 N–H and O–H groups in total. The summed E-state index contributed by atoms with van der Waals surface area (Å²) in [5.74, 6) is -3.98. The summed E-state index contributed by atoms with van der Waals surface area (Å²) in [4.78, 5) is 37.0. The molecular weight excluding hydrogens is 400 g/mol. The monoisotopic (exact) mass is 420 g/mol. The van der Waals surface area contributed by atoms with E-state index in [0.717, 1.165) is 0 Å². The first-order valence-electron chi connectivity index (χ1n) is 5.88. The van der Waals surface area contributed by atoms with Crippen LogP contribution in [0.1, 0.15) is 53.4 Å². The van der Waals surface area contributed by atoms with Crippen molar-refractivity contribution in [3.05, 3.63) is 0 Å². The van der Waals surface area contributed by atoms with Gasteiger partial charge in [-0.25, -0.2) is 0 Å². The van der Waals surface area contributed by atoms with E-state index in [-0.39, 0.29) is 109 Å². The molecule has 120 valence electrons. The van der Waals surface area contributed by atoms with Crippen LogP contribution in [0.3, 0.4) is 0 Å². The Kier molecular flexibility index (Phi) is 57.9. The maximum atomic E-state index is 9.26. The normalized spacial score (nSPS) is 6.73. The van der Waals surface area contributed by atoms with Crippen molar-refractivity contribution in [2.24, 2.45) is 0 Å². The summed E-state index contributed by atoms with van der Waals surface area (Å²) >= 11 is 0. The molecule has 10 heteroatoms. The molecule has 0 spiro atoms. The molecule has 0 aliphatic heterocycles. The van der Waals surface area contributed by atoms with E-state index in [1.54, 1.807) is 0 Å². The summed E-state index contributed by atoms with van der Waals surface area (Å²) in [6.45, 7) is 6.15. The van der Waals surface area contributed by atoms with Crippen LogP contribution in [0.15, 0.2) is 0 Å². The molecule has 22 heavy (non-hydrogen) atoms. The second kappa shape index (κ2) is 33.3. The summed E-state index contributed by atoms with van der Waals surface area (Å²) in [6.07, 6.45) is 0.444. The van der Waals surface area contributed by atoms with Crippen LogP contribution in [0, 0.1) is 0 Å². The van der Waals surface area contributed by atoms with Gasteiger partial charge in [0, 0.05) is 23.9 Å². The molecule has 0 saturated carbocycles. The largest absolute Gasteiger partial charge is 2.00 e. The number of carboxylic acids is 4. The second-order valence-electron chi connectivity index (χ2n) is 2.90. The van der Waals surface area contributed by atoms with Crippen LogP contribution < -0.4 is 20.4 Å². The third-order valence-corrected chi connectivity index (χ3v) is 1.15. The molecule has 0 unspecified atom stereocenters. The van der Waals surface area contributed by atoms with Crippen molar-refractivity contribution in [3.63, 3.8) is 0 Å². The average molecular weight is 420 g/mol. The molecule has 0 rings (SSSR count). The van der Waals surface area contributed by atoms with Gasteiger partial charge in [0.2, 0.25) is 0 Å². The smallest absolute Gasteiger partial charge is 0.550 e. The van der Waals surface area contributed by atoms with Crippen LogP contribution in [0.2, 0.25) is 0 Å². The molecule has 0 saturated heterocycles. The van der Waals surface area contributed by atoms with Gasteiger partial charge >= 0.3 is 83.2 Å². The Balaban J connectivity index is -0.0000000376. The van der Waals surface area contributed by atoms with E-state index in [1.807, 2.05) is 0 Å². The maximum absolute atomic E-state index is 9.26. The predicted molar refractivity (Wildman–Crippen MR) is 72.7 cm³/mol. The van der Waals surface area contributed by atoms with E-state index in [2.05, 4.69) is 0 Å². The van der Waals surface area contributed by atoms with Crippen LogP contribution in [0.5, 0.6) is 0 Å². The Morgan fingerprint density at radius 3 is 0.591 bits per heavy atom. The van der Waals surface area contributed by atoms with E-state index in [4.69, 9.17) is 0 Å². The summed E-state index contributed by atoms with van der Waals surface area (Å²) in [5.41, 5.74) is 0. The topological polar surface area (TPSA) is 161 Å². The van der Waals surface area contributed by atoms with Crippen molar-refractivity contribution in [1.29, 1.82) is 0 Å². The standard InChI is InChI=1S/4C3H6O2.Ca.Sr/c4*1-2-3(4)5;;/h4*2H2,1H3,(H,4,5);;/q;;;;2*+2/p-4. The zero-order chi connectivity index (χ0) is 17.1. The third kappa shape index (κ3) is 107. The molecule has 0 aromatic heterocycles. The zero-order valence-corrected chi connectivity index (χ0v) is 19.2. The fraction of sp³-hybridized carbons (Fsp3) is 0.667. The first kappa shape index (κ1) is 38.3.